The number of phenolic OH excluding ortho intramolecular Hbond substituents is 2. The molecule has 0 saturated heterocycles. The van der Waals surface area contributed by atoms with Crippen LogP contribution in [0, 0.1) is 57.2 Å². The quantitative estimate of drug-likeness (QED) is 0.162. The highest BCUT2D eigenvalue weighted by molar-refractivity contribution is 5.66. The molecule has 0 aromatic heterocycles. The zero-order valence-corrected chi connectivity index (χ0v) is 27.0. The second-order valence-electron chi connectivity index (χ2n) is 18.2. The lowest BCUT2D eigenvalue weighted by Crippen LogP contribution is -2.56. The Morgan fingerprint density at radius 2 is 1.09 bits per heavy atom. The zero-order valence-electron chi connectivity index (χ0n) is 27.0. The van der Waals surface area contributed by atoms with Crippen LogP contribution >= 0.6 is 0 Å². The molecular weight excluding hydrogens is 540 g/mol. The van der Waals surface area contributed by atoms with E-state index in [4.69, 9.17) is 11.5 Å². The van der Waals surface area contributed by atoms with Gasteiger partial charge in [-0.25, -0.2) is 0 Å². The van der Waals surface area contributed by atoms with E-state index in [9.17, 15) is 10.2 Å². The molecule has 4 nitrogen and oxygen atoms in total. The first kappa shape index (κ1) is 28.2. The van der Waals surface area contributed by atoms with Crippen LogP contribution < -0.4 is 11.5 Å². The fourth-order valence-electron chi connectivity index (χ4n) is 13.9. The number of nitrogens with two attached hydrogens (primary N) is 2. The monoisotopic (exact) mass is 588 g/mol. The zero-order chi connectivity index (χ0) is 30.9. The van der Waals surface area contributed by atoms with E-state index in [1.54, 1.807) is 6.07 Å². The highest BCUT2D eigenvalue weighted by Crippen LogP contribution is 2.71. The van der Waals surface area contributed by atoms with Crippen LogP contribution in [0.4, 0.5) is 11.4 Å². The van der Waals surface area contributed by atoms with Gasteiger partial charge in [0.05, 0.1) is 16.9 Å². The third-order valence-corrected chi connectivity index (χ3v) is 13.2. The molecule has 4 heteroatoms. The summed E-state index contributed by atoms with van der Waals surface area (Å²) in [7, 11) is 0. The van der Waals surface area contributed by atoms with E-state index in [0.29, 0.717) is 44.5 Å². The molecule has 2 aromatic rings. The summed E-state index contributed by atoms with van der Waals surface area (Å²) in [5.41, 5.74) is 18.6. The number of benzene rings is 2. The van der Waals surface area contributed by atoms with Crippen LogP contribution in [-0.4, -0.2) is 10.2 Å². The van der Waals surface area contributed by atoms with Crippen LogP contribution in [0.2, 0.25) is 0 Å². The van der Waals surface area contributed by atoms with E-state index in [2.05, 4.69) is 63.5 Å². The Morgan fingerprint density at radius 1 is 0.591 bits per heavy atom. The van der Waals surface area contributed by atoms with Crippen molar-refractivity contribution < 1.29 is 10.2 Å². The minimum Gasteiger partial charge on any atom is -0.505 e. The molecule has 4 atom stereocenters. The smallest absolute Gasteiger partial charge is 0.154 e. The van der Waals surface area contributed by atoms with Crippen LogP contribution in [0.25, 0.3) is 0 Å². The van der Waals surface area contributed by atoms with Crippen LogP contribution in [0.3, 0.4) is 0 Å². The van der Waals surface area contributed by atoms with Crippen molar-refractivity contribution in [3.63, 3.8) is 0 Å². The first-order chi connectivity index (χ1) is 20.6. The number of hydrogen-bond donors (Lipinski definition) is 4. The van der Waals surface area contributed by atoms with E-state index in [1.165, 1.54) is 63.4 Å². The Balaban J connectivity index is 1.11. The molecule has 6 N–H and O–H groups in total. The Labute approximate surface area is 263 Å². The van der Waals surface area contributed by atoms with Gasteiger partial charge < -0.3 is 21.7 Å². The molecule has 0 radical (unpaired) electrons. The maximum Gasteiger partial charge on any atom is 0.154 e. The summed E-state index contributed by atoms with van der Waals surface area (Å²) < 4.78 is 0. The van der Waals surface area contributed by atoms with Crippen molar-refractivity contribution in [2.24, 2.45) is 33.5 Å². The van der Waals surface area contributed by atoms with Gasteiger partial charge in [-0.1, -0.05) is 33.6 Å². The lowest BCUT2D eigenvalue weighted by molar-refractivity contribution is -0.110. The van der Waals surface area contributed by atoms with Crippen molar-refractivity contribution in [1.82, 2.24) is 0 Å². The lowest BCUT2D eigenvalue weighted by Gasteiger charge is -2.65. The van der Waals surface area contributed by atoms with Gasteiger partial charge in [-0.15, -0.1) is 0 Å². The number of phenols is 2. The fourth-order valence-corrected chi connectivity index (χ4v) is 13.9. The van der Waals surface area contributed by atoms with Gasteiger partial charge >= 0.3 is 0 Å². The van der Waals surface area contributed by atoms with Gasteiger partial charge in [-0.05, 0) is 164 Å². The maximum absolute atomic E-state index is 11.2. The van der Waals surface area contributed by atoms with Gasteiger partial charge in [0.25, 0.3) is 0 Å². The number of hydrogen-bond acceptors (Lipinski definition) is 4. The summed E-state index contributed by atoms with van der Waals surface area (Å²) in [6.45, 7) is 9.86. The topological polar surface area (TPSA) is 92.5 Å². The maximum atomic E-state index is 11.2. The minimum absolute atomic E-state index is 0.0420. The normalized spacial score (nSPS) is 42.5. The average molecular weight is 589 g/mol. The van der Waals surface area contributed by atoms with Crippen molar-refractivity contribution in [2.45, 2.75) is 116 Å². The van der Waals surface area contributed by atoms with Crippen molar-refractivity contribution >= 4 is 11.4 Å². The van der Waals surface area contributed by atoms with E-state index in [-0.39, 0.29) is 22.3 Å². The molecule has 0 heterocycles. The van der Waals surface area contributed by atoms with E-state index < -0.39 is 0 Å². The van der Waals surface area contributed by atoms with Gasteiger partial charge in [0, 0.05) is 16.5 Å². The standard InChI is InChI=1S/C40H48N2O2/c1-35-13-26-14-36(2,19-35)22-39(17-26,21-35)29-11-28(33(43)32(42)12-29)8-6-5-7-25-9-30(34(44)31(41)10-25)40-18-27-15-37(3,23-40)20-38(4,16-27)24-40/h9-12,26-27,43-44H,13-24,41-42H2,1-4H3. The molecule has 2 aromatic carbocycles. The Kier molecular flexibility index (Phi) is 5.60. The van der Waals surface area contributed by atoms with Crippen LogP contribution in [0.15, 0.2) is 24.3 Å². The largest absolute Gasteiger partial charge is 0.505 e. The summed E-state index contributed by atoms with van der Waals surface area (Å²) in [5, 5.41) is 22.1. The van der Waals surface area contributed by atoms with Gasteiger partial charge in [0.1, 0.15) is 5.75 Å². The summed E-state index contributed by atoms with van der Waals surface area (Å²) >= 11 is 0. The summed E-state index contributed by atoms with van der Waals surface area (Å²) in [5.74, 6) is 14.1. The molecule has 8 fully saturated rings. The average Bonchev–Trinajstić information content (AvgIpc) is 2.86. The highest BCUT2D eigenvalue weighted by atomic mass is 16.3. The summed E-state index contributed by atoms with van der Waals surface area (Å²) in [6.07, 6.45) is 14.8. The number of nitrogen functional groups attached to an aromatic ring is 2. The molecule has 8 aliphatic rings. The van der Waals surface area contributed by atoms with Crippen molar-refractivity contribution in [3.8, 4) is 35.2 Å². The first-order valence-corrected chi connectivity index (χ1v) is 16.9. The van der Waals surface area contributed by atoms with Gasteiger partial charge in [-0.3, -0.25) is 0 Å². The van der Waals surface area contributed by atoms with Gasteiger partial charge in [0.2, 0.25) is 0 Å². The van der Waals surface area contributed by atoms with Crippen LogP contribution in [0.5, 0.6) is 11.5 Å². The van der Waals surface area contributed by atoms with Crippen LogP contribution in [-0.2, 0) is 10.8 Å². The molecular formula is C40H48N2O2. The number of aromatic hydroxyl groups is 2. The minimum atomic E-state index is -0.0420. The SMILES string of the molecule is CC12CC3CC(C)(C1)CC(c1cc(N)c(O)c(C#CC#Cc4cc(N)c(O)c(C56CC7CC(C)(CC(C)(C7)C5)C6)c4)c1)(C3)C2. The van der Waals surface area contributed by atoms with Crippen molar-refractivity contribution in [3.05, 3.63) is 46.5 Å². The Bertz CT molecular complexity index is 1700. The third kappa shape index (κ3) is 4.27. The number of anilines is 2. The second-order valence-corrected chi connectivity index (χ2v) is 18.2. The highest BCUT2D eigenvalue weighted by Gasteiger charge is 2.62. The Morgan fingerprint density at radius 3 is 1.66 bits per heavy atom. The second kappa shape index (κ2) is 8.72. The molecule has 0 aliphatic heterocycles. The summed E-state index contributed by atoms with van der Waals surface area (Å²) in [6, 6.07) is 7.94. The van der Waals surface area contributed by atoms with Crippen molar-refractivity contribution in [2.75, 3.05) is 11.5 Å². The molecule has 0 spiro atoms. The first-order valence-electron chi connectivity index (χ1n) is 16.9. The molecule has 8 bridgehead atoms. The van der Waals surface area contributed by atoms with Crippen molar-refractivity contribution in [1.29, 1.82) is 0 Å². The molecule has 10 rings (SSSR count). The molecule has 44 heavy (non-hydrogen) atoms. The summed E-state index contributed by atoms with van der Waals surface area (Å²) in [4.78, 5) is 0. The molecule has 8 aliphatic carbocycles. The molecule has 0 amide bonds. The van der Waals surface area contributed by atoms with E-state index >= 15 is 0 Å². The molecule has 4 unspecified atom stereocenters. The van der Waals surface area contributed by atoms with E-state index in [0.717, 1.165) is 36.3 Å². The molecule has 230 valence electrons. The predicted octanol–water partition coefficient (Wildman–Crippen LogP) is 8.16. The third-order valence-electron chi connectivity index (χ3n) is 13.2. The number of rotatable bonds is 2. The van der Waals surface area contributed by atoms with Gasteiger partial charge in [0.15, 0.2) is 5.75 Å². The lowest BCUT2D eigenvalue weighted by atomic mass is 9.39. The van der Waals surface area contributed by atoms with Crippen LogP contribution in [0.1, 0.15) is 127 Å². The van der Waals surface area contributed by atoms with E-state index in [1.807, 2.05) is 6.07 Å². The van der Waals surface area contributed by atoms with Gasteiger partial charge in [-0.2, -0.15) is 0 Å². The fraction of sp³-hybridized carbons (Fsp3) is 0.600. The Hall–Kier alpha value is -3.24. The predicted molar refractivity (Wildman–Crippen MR) is 177 cm³/mol. The molecule has 8 saturated carbocycles.